The van der Waals surface area contributed by atoms with Crippen molar-refractivity contribution >= 4 is 22.8 Å². The first-order chi connectivity index (χ1) is 20.5. The highest BCUT2D eigenvalue weighted by molar-refractivity contribution is 6.09. The largest absolute Gasteiger partial charge is 0.427 e. The number of hydrogen-bond acceptors (Lipinski definition) is 4. The number of likely N-dealkylation sites (tertiary alicyclic amines) is 1. The molecule has 2 heterocycles. The van der Waals surface area contributed by atoms with Gasteiger partial charge in [-0.05, 0) is 61.4 Å². The van der Waals surface area contributed by atoms with Crippen LogP contribution in [0, 0.1) is 0 Å². The number of piperidine rings is 1. The zero-order chi connectivity index (χ0) is 29.3. The van der Waals surface area contributed by atoms with E-state index < -0.39 is 0 Å². The van der Waals surface area contributed by atoms with E-state index in [1.165, 1.54) is 18.1 Å². The van der Waals surface area contributed by atoms with Crippen molar-refractivity contribution < 1.29 is 14.3 Å². The van der Waals surface area contributed by atoms with E-state index >= 15 is 0 Å². The monoisotopic (exact) mass is 565 g/mol. The fourth-order valence-corrected chi connectivity index (χ4v) is 6.11. The third-order valence-electron chi connectivity index (χ3n) is 8.31. The van der Waals surface area contributed by atoms with Gasteiger partial charge in [-0.3, -0.25) is 9.59 Å². The third kappa shape index (κ3) is 7.48. The Hall–Kier alpha value is -3.90. The van der Waals surface area contributed by atoms with E-state index in [1.54, 1.807) is 0 Å². The number of fused-ring (bicyclic) bond motifs is 1. The summed E-state index contributed by atoms with van der Waals surface area (Å²) in [5.74, 6) is 0.0695. The summed E-state index contributed by atoms with van der Waals surface area (Å²) in [6.07, 6.45) is 6.97. The Bertz CT molecular complexity index is 1470. The Balaban J connectivity index is 1.39. The van der Waals surface area contributed by atoms with Gasteiger partial charge in [-0.2, -0.15) is 0 Å². The summed E-state index contributed by atoms with van der Waals surface area (Å²) in [6, 6.07) is 26.8. The van der Waals surface area contributed by atoms with Crippen LogP contribution in [0.5, 0.6) is 5.75 Å². The summed E-state index contributed by atoms with van der Waals surface area (Å²) < 4.78 is 7.74. The average Bonchev–Trinajstić information content (AvgIpc) is 3.29. The maximum atomic E-state index is 14.1. The van der Waals surface area contributed by atoms with E-state index in [-0.39, 0.29) is 17.9 Å². The number of esters is 1. The quantitative estimate of drug-likeness (QED) is 0.117. The van der Waals surface area contributed by atoms with Gasteiger partial charge in [0.05, 0.1) is 5.56 Å². The van der Waals surface area contributed by atoms with Crippen LogP contribution in [0.2, 0.25) is 0 Å². The lowest BCUT2D eigenvalue weighted by atomic mass is 10.0. The number of carbonyl (C=O) groups is 2. The second kappa shape index (κ2) is 14.3. The predicted molar refractivity (Wildman–Crippen MR) is 169 cm³/mol. The van der Waals surface area contributed by atoms with Crippen LogP contribution in [0.1, 0.15) is 73.1 Å². The van der Waals surface area contributed by atoms with Gasteiger partial charge >= 0.3 is 5.97 Å². The Morgan fingerprint density at radius 2 is 1.57 bits per heavy atom. The molecule has 0 saturated carbocycles. The number of ether oxygens (including phenoxy) is 1. The van der Waals surface area contributed by atoms with Gasteiger partial charge in [0.25, 0.3) is 5.91 Å². The molecule has 6 heteroatoms. The van der Waals surface area contributed by atoms with Gasteiger partial charge in [0.2, 0.25) is 0 Å². The molecule has 0 spiro atoms. The zero-order valence-corrected chi connectivity index (χ0v) is 25.0. The molecule has 5 rings (SSSR count). The number of nitrogens with one attached hydrogen (secondary N) is 1. The Morgan fingerprint density at radius 1 is 0.881 bits per heavy atom. The summed E-state index contributed by atoms with van der Waals surface area (Å²) >= 11 is 0. The zero-order valence-electron chi connectivity index (χ0n) is 25.0. The number of aromatic nitrogens is 1. The molecule has 3 aromatic carbocycles. The van der Waals surface area contributed by atoms with Crippen molar-refractivity contribution in [2.45, 2.75) is 71.4 Å². The molecule has 4 aromatic rings. The average molecular weight is 566 g/mol. The molecular weight excluding hydrogens is 522 g/mol. The normalized spacial score (nSPS) is 14.2. The van der Waals surface area contributed by atoms with Crippen LogP contribution in [0.4, 0.5) is 0 Å². The number of carbonyl (C=O) groups excluding carboxylic acids is 2. The molecular formula is C36H43N3O3. The Morgan fingerprint density at radius 3 is 2.24 bits per heavy atom. The third-order valence-corrected chi connectivity index (χ3v) is 8.31. The summed E-state index contributed by atoms with van der Waals surface area (Å²) in [6.45, 7) is 7.28. The van der Waals surface area contributed by atoms with Crippen molar-refractivity contribution in [2.75, 3.05) is 19.6 Å². The number of nitrogens with zero attached hydrogens (tertiary/aromatic N) is 2. The molecule has 42 heavy (non-hydrogen) atoms. The standard InChI is InChI=1S/C36H43N3O3/c1-3-4-7-16-34-35(36(41)37-30-20-23-38(24-21-30)22-19-28-12-8-5-9-13-28)32-25-31(42-27(2)40)17-18-33(32)39(34)26-29-14-10-6-11-15-29/h5-6,8-15,17-18,25,30H,3-4,7,16,19-24,26H2,1-2H3,(H,37,41). The van der Waals surface area contributed by atoms with Crippen LogP contribution in [-0.4, -0.2) is 47.0 Å². The SMILES string of the molecule is CCCCCc1c(C(=O)NC2CCN(CCc3ccccc3)CC2)c2cc(OC(C)=O)ccc2n1Cc1ccccc1. The number of rotatable bonds is 12. The van der Waals surface area contributed by atoms with Gasteiger partial charge < -0.3 is 19.5 Å². The molecule has 1 aliphatic rings. The highest BCUT2D eigenvalue weighted by Crippen LogP contribution is 2.32. The summed E-state index contributed by atoms with van der Waals surface area (Å²) in [4.78, 5) is 28.4. The van der Waals surface area contributed by atoms with E-state index in [0.29, 0.717) is 12.3 Å². The fraction of sp³-hybridized carbons (Fsp3) is 0.389. The van der Waals surface area contributed by atoms with Crippen LogP contribution in [0.25, 0.3) is 10.9 Å². The molecule has 0 unspecified atom stereocenters. The second-order valence-corrected chi connectivity index (χ2v) is 11.4. The smallest absolute Gasteiger partial charge is 0.308 e. The van der Waals surface area contributed by atoms with Gasteiger partial charge in [0.15, 0.2) is 0 Å². The molecule has 1 amide bonds. The highest BCUT2D eigenvalue weighted by atomic mass is 16.5. The number of benzene rings is 3. The minimum absolute atomic E-state index is 0.0268. The minimum Gasteiger partial charge on any atom is -0.427 e. The molecule has 1 fully saturated rings. The topological polar surface area (TPSA) is 63.6 Å². The van der Waals surface area contributed by atoms with E-state index in [4.69, 9.17) is 4.74 Å². The second-order valence-electron chi connectivity index (χ2n) is 11.4. The lowest BCUT2D eigenvalue weighted by molar-refractivity contribution is -0.131. The summed E-state index contributed by atoms with van der Waals surface area (Å²) in [5.41, 5.74) is 5.31. The van der Waals surface area contributed by atoms with Crippen molar-refractivity contribution in [1.82, 2.24) is 14.8 Å². The van der Waals surface area contributed by atoms with E-state index in [2.05, 4.69) is 76.3 Å². The van der Waals surface area contributed by atoms with Crippen molar-refractivity contribution in [1.29, 1.82) is 0 Å². The van der Waals surface area contributed by atoms with E-state index in [9.17, 15) is 9.59 Å². The van der Waals surface area contributed by atoms with Gasteiger partial charge in [-0.25, -0.2) is 0 Å². The molecule has 0 atom stereocenters. The number of hydrogen-bond donors (Lipinski definition) is 1. The van der Waals surface area contributed by atoms with Crippen molar-refractivity contribution in [3.8, 4) is 5.75 Å². The molecule has 220 valence electrons. The van der Waals surface area contributed by atoms with E-state index in [0.717, 1.165) is 86.7 Å². The van der Waals surface area contributed by atoms with Crippen molar-refractivity contribution in [3.05, 3.63) is 101 Å². The fourth-order valence-electron chi connectivity index (χ4n) is 6.11. The molecule has 0 bridgehead atoms. The van der Waals surface area contributed by atoms with Crippen LogP contribution in [0.3, 0.4) is 0 Å². The van der Waals surface area contributed by atoms with Gasteiger partial charge in [0, 0.05) is 55.7 Å². The van der Waals surface area contributed by atoms with Crippen LogP contribution >= 0.6 is 0 Å². The Kier molecular flexibility index (Phi) is 10.1. The maximum absolute atomic E-state index is 14.1. The molecule has 1 saturated heterocycles. The van der Waals surface area contributed by atoms with E-state index in [1.807, 2.05) is 24.3 Å². The molecule has 6 nitrogen and oxygen atoms in total. The van der Waals surface area contributed by atoms with Gasteiger partial charge in [-0.1, -0.05) is 80.4 Å². The maximum Gasteiger partial charge on any atom is 0.308 e. The number of unbranched alkanes of at least 4 members (excludes halogenated alkanes) is 2. The van der Waals surface area contributed by atoms with Gasteiger partial charge in [-0.15, -0.1) is 0 Å². The molecule has 0 radical (unpaired) electrons. The van der Waals surface area contributed by atoms with Crippen molar-refractivity contribution in [2.24, 2.45) is 0 Å². The van der Waals surface area contributed by atoms with Crippen LogP contribution < -0.4 is 10.1 Å². The highest BCUT2D eigenvalue weighted by Gasteiger charge is 2.27. The lowest BCUT2D eigenvalue weighted by Gasteiger charge is -2.32. The molecule has 0 aliphatic carbocycles. The number of amides is 1. The van der Waals surface area contributed by atoms with Gasteiger partial charge in [0.1, 0.15) is 5.75 Å². The predicted octanol–water partition coefficient (Wildman–Crippen LogP) is 6.78. The first-order valence-electron chi connectivity index (χ1n) is 15.5. The van der Waals surface area contributed by atoms with Crippen LogP contribution in [-0.2, 0) is 24.2 Å². The summed E-state index contributed by atoms with van der Waals surface area (Å²) in [5, 5.41) is 4.24. The minimum atomic E-state index is -0.369. The molecule has 1 N–H and O–H groups in total. The first-order valence-corrected chi connectivity index (χ1v) is 15.5. The van der Waals surface area contributed by atoms with Crippen molar-refractivity contribution in [3.63, 3.8) is 0 Å². The van der Waals surface area contributed by atoms with Crippen LogP contribution in [0.15, 0.2) is 78.9 Å². The Labute approximate surface area is 249 Å². The lowest BCUT2D eigenvalue weighted by Crippen LogP contribution is -2.45. The molecule has 1 aromatic heterocycles. The summed E-state index contributed by atoms with van der Waals surface area (Å²) in [7, 11) is 0. The first kappa shape index (κ1) is 29.6. The molecule has 1 aliphatic heterocycles.